The Kier molecular flexibility index (Phi) is 3.65. The highest BCUT2D eigenvalue weighted by molar-refractivity contribution is 7.50. The first-order valence-electron chi connectivity index (χ1n) is 4.15. The van der Waals surface area contributed by atoms with Crippen molar-refractivity contribution in [2.24, 2.45) is 0 Å². The summed E-state index contributed by atoms with van der Waals surface area (Å²) in [6.45, 7) is 2.32. The second-order valence-corrected chi connectivity index (χ2v) is 10.3. The summed E-state index contributed by atoms with van der Waals surface area (Å²) >= 11 is 12.1. The van der Waals surface area contributed by atoms with E-state index in [2.05, 4.69) is 0 Å². The van der Waals surface area contributed by atoms with Crippen LogP contribution < -0.4 is 9.92 Å². The van der Waals surface area contributed by atoms with Crippen molar-refractivity contribution in [3.63, 3.8) is 0 Å². The van der Waals surface area contributed by atoms with Crippen LogP contribution >= 0.6 is 22.2 Å². The Bertz CT molecular complexity index is 266. The van der Waals surface area contributed by atoms with E-state index in [1.165, 1.54) is 0 Å². The maximum absolute atomic E-state index is 6.05. The van der Waals surface area contributed by atoms with Crippen LogP contribution in [0.1, 0.15) is 6.92 Å². The largest absolute Gasteiger partial charge is 0.494 e. The molecule has 0 spiro atoms. The molecule has 0 saturated heterocycles. The van der Waals surface area contributed by atoms with Crippen molar-refractivity contribution in [3.05, 3.63) is 24.3 Å². The van der Waals surface area contributed by atoms with Gasteiger partial charge in [0.2, 0.25) is 0 Å². The zero-order valence-corrected chi connectivity index (χ0v) is 10.2. The Morgan fingerprint density at radius 1 is 1.23 bits per heavy atom. The third-order valence-corrected chi connectivity index (χ3v) is 4.33. The van der Waals surface area contributed by atoms with Crippen molar-refractivity contribution in [2.45, 2.75) is 13.5 Å². The molecule has 0 bridgehead atoms. The van der Waals surface area contributed by atoms with Gasteiger partial charge in [-0.3, -0.25) is 0 Å². The van der Waals surface area contributed by atoms with Crippen LogP contribution in [0, 0.1) is 0 Å². The van der Waals surface area contributed by atoms with Crippen LogP contribution in [0.15, 0.2) is 24.3 Å². The van der Waals surface area contributed by atoms with E-state index < -0.39 is 6.69 Å². The molecule has 0 radical (unpaired) electrons. The minimum absolute atomic E-state index is 0.676. The van der Waals surface area contributed by atoms with Crippen LogP contribution in [0.5, 0.6) is 5.75 Å². The number of hydrogen-bond acceptors (Lipinski definition) is 1. The standard InChI is InChI=1S/C9H12Cl2OSi/c1-3-12-8-4-6-9(7-5-8)13(2,10)11/h4-7H,3H2,1-2H3. The van der Waals surface area contributed by atoms with E-state index >= 15 is 0 Å². The molecule has 0 unspecified atom stereocenters. The summed E-state index contributed by atoms with van der Waals surface area (Å²) in [4.78, 5) is 0. The molecule has 0 amide bonds. The van der Waals surface area contributed by atoms with Crippen molar-refractivity contribution in [1.82, 2.24) is 0 Å². The maximum Gasteiger partial charge on any atom is 0.277 e. The molecule has 72 valence electrons. The third kappa shape index (κ3) is 3.22. The van der Waals surface area contributed by atoms with Crippen molar-refractivity contribution in [1.29, 1.82) is 0 Å². The molecule has 0 atom stereocenters. The van der Waals surface area contributed by atoms with Gasteiger partial charge in [0.05, 0.1) is 6.61 Å². The van der Waals surface area contributed by atoms with E-state index in [9.17, 15) is 0 Å². The van der Waals surface area contributed by atoms with E-state index in [1.807, 2.05) is 37.7 Å². The van der Waals surface area contributed by atoms with Gasteiger partial charge in [-0.2, -0.15) is 0 Å². The number of halogens is 2. The predicted octanol–water partition coefficient (Wildman–Crippen LogP) is 2.84. The molecular weight excluding hydrogens is 223 g/mol. The first-order chi connectivity index (χ1) is 6.04. The summed E-state index contributed by atoms with van der Waals surface area (Å²) in [6.07, 6.45) is 0. The zero-order valence-electron chi connectivity index (χ0n) is 7.68. The minimum Gasteiger partial charge on any atom is -0.494 e. The minimum atomic E-state index is -2.19. The monoisotopic (exact) mass is 234 g/mol. The van der Waals surface area contributed by atoms with Gasteiger partial charge in [0.1, 0.15) is 5.75 Å². The van der Waals surface area contributed by atoms with Crippen LogP contribution in [0.4, 0.5) is 0 Å². The molecule has 1 aromatic carbocycles. The molecule has 4 heteroatoms. The van der Waals surface area contributed by atoms with Gasteiger partial charge in [0.25, 0.3) is 6.69 Å². The van der Waals surface area contributed by atoms with Crippen LogP contribution in [-0.4, -0.2) is 13.3 Å². The summed E-state index contributed by atoms with van der Waals surface area (Å²) in [5.74, 6) is 0.859. The lowest BCUT2D eigenvalue weighted by molar-refractivity contribution is 0.340. The van der Waals surface area contributed by atoms with Gasteiger partial charge < -0.3 is 4.74 Å². The van der Waals surface area contributed by atoms with Crippen LogP contribution in [-0.2, 0) is 0 Å². The molecule has 0 aliphatic carbocycles. The van der Waals surface area contributed by atoms with Gasteiger partial charge in [-0.25, -0.2) is 0 Å². The van der Waals surface area contributed by atoms with Crippen molar-refractivity contribution in [2.75, 3.05) is 6.61 Å². The molecule has 0 heterocycles. The first-order valence-corrected chi connectivity index (χ1v) is 8.67. The van der Waals surface area contributed by atoms with Crippen molar-refractivity contribution in [3.8, 4) is 5.75 Å². The Labute approximate surface area is 89.0 Å². The Morgan fingerprint density at radius 3 is 2.15 bits per heavy atom. The average Bonchev–Trinajstić information content (AvgIpc) is 2.04. The van der Waals surface area contributed by atoms with Crippen LogP contribution in [0.2, 0.25) is 6.55 Å². The highest BCUT2D eigenvalue weighted by atomic mass is 35.7. The van der Waals surface area contributed by atoms with E-state index in [1.54, 1.807) is 0 Å². The second kappa shape index (κ2) is 4.36. The van der Waals surface area contributed by atoms with E-state index in [-0.39, 0.29) is 0 Å². The molecule has 1 rings (SSSR count). The molecule has 0 aliphatic rings. The zero-order chi connectivity index (χ0) is 9.90. The van der Waals surface area contributed by atoms with Gasteiger partial charge in [-0.05, 0) is 30.8 Å². The molecular formula is C9H12Cl2OSi. The topological polar surface area (TPSA) is 9.23 Å². The summed E-state index contributed by atoms with van der Waals surface area (Å²) < 4.78 is 5.30. The smallest absolute Gasteiger partial charge is 0.277 e. The Hall–Kier alpha value is -0.183. The highest BCUT2D eigenvalue weighted by Crippen LogP contribution is 2.16. The van der Waals surface area contributed by atoms with Gasteiger partial charge >= 0.3 is 0 Å². The summed E-state index contributed by atoms with van der Waals surface area (Å²) in [5.41, 5.74) is 0. The number of benzene rings is 1. The molecule has 0 saturated carbocycles. The average molecular weight is 235 g/mol. The van der Waals surface area contributed by atoms with Gasteiger partial charge in [-0.1, -0.05) is 12.1 Å². The van der Waals surface area contributed by atoms with E-state index in [0.29, 0.717) is 6.61 Å². The fourth-order valence-electron chi connectivity index (χ4n) is 1.01. The van der Waals surface area contributed by atoms with E-state index in [0.717, 1.165) is 10.9 Å². The lowest BCUT2D eigenvalue weighted by atomic mass is 10.3. The lowest BCUT2D eigenvalue weighted by Crippen LogP contribution is -2.32. The molecule has 1 nitrogen and oxygen atoms in total. The van der Waals surface area contributed by atoms with Gasteiger partial charge in [0.15, 0.2) is 0 Å². The van der Waals surface area contributed by atoms with Crippen molar-refractivity contribution < 1.29 is 4.74 Å². The van der Waals surface area contributed by atoms with Crippen molar-refractivity contribution >= 4 is 34.0 Å². The SMILES string of the molecule is CCOc1ccc([Si](C)(Cl)Cl)cc1. The first kappa shape index (κ1) is 10.9. The summed E-state index contributed by atoms with van der Waals surface area (Å²) in [5, 5.41) is 1.01. The number of rotatable bonds is 3. The predicted molar refractivity (Wildman–Crippen MR) is 60.6 cm³/mol. The summed E-state index contributed by atoms with van der Waals surface area (Å²) in [6, 6.07) is 7.65. The Morgan fingerprint density at radius 2 is 1.77 bits per heavy atom. The quantitative estimate of drug-likeness (QED) is 0.578. The Balaban J connectivity index is 2.81. The summed E-state index contributed by atoms with van der Waals surface area (Å²) in [7, 11) is 0. The molecule has 0 fully saturated rings. The second-order valence-electron chi connectivity index (χ2n) is 2.85. The van der Waals surface area contributed by atoms with Crippen LogP contribution in [0.3, 0.4) is 0 Å². The molecule has 1 aromatic rings. The van der Waals surface area contributed by atoms with Gasteiger partial charge in [0, 0.05) is 0 Å². The number of ether oxygens (including phenoxy) is 1. The normalized spacial score (nSPS) is 11.4. The lowest BCUT2D eigenvalue weighted by Gasteiger charge is -2.11. The molecule has 13 heavy (non-hydrogen) atoms. The number of hydrogen-bond donors (Lipinski definition) is 0. The van der Waals surface area contributed by atoms with Gasteiger partial charge in [-0.15, -0.1) is 22.2 Å². The molecule has 0 aliphatic heterocycles. The molecule has 0 aromatic heterocycles. The molecule has 0 N–H and O–H groups in total. The fraction of sp³-hybridized carbons (Fsp3) is 0.333. The fourth-order valence-corrected chi connectivity index (χ4v) is 2.52. The maximum atomic E-state index is 6.05. The van der Waals surface area contributed by atoms with E-state index in [4.69, 9.17) is 26.9 Å². The van der Waals surface area contributed by atoms with Crippen LogP contribution in [0.25, 0.3) is 0 Å². The third-order valence-electron chi connectivity index (χ3n) is 1.67. The highest BCUT2D eigenvalue weighted by Gasteiger charge is 2.23.